The normalized spacial score (nSPS) is 21.8. The molecule has 0 aromatic carbocycles. The van der Waals surface area contributed by atoms with E-state index in [2.05, 4.69) is 11.8 Å². The molecule has 0 saturated carbocycles. The van der Waals surface area contributed by atoms with Gasteiger partial charge in [-0.25, -0.2) is 0 Å². The number of hydrogen-bond donors (Lipinski definition) is 1. The van der Waals surface area contributed by atoms with E-state index in [1.807, 2.05) is 0 Å². The minimum atomic E-state index is -0.131. The maximum absolute atomic E-state index is 9.70. The predicted molar refractivity (Wildman–Crippen MR) is 62.0 cm³/mol. The van der Waals surface area contributed by atoms with Crippen LogP contribution in [-0.4, -0.2) is 49.5 Å². The van der Waals surface area contributed by atoms with Crippen LogP contribution < -0.4 is 0 Å². The van der Waals surface area contributed by atoms with Crippen molar-refractivity contribution in [2.75, 3.05) is 33.4 Å². The van der Waals surface area contributed by atoms with Gasteiger partial charge < -0.3 is 14.7 Å². The first-order valence-electron chi connectivity index (χ1n) is 6.15. The zero-order valence-electron chi connectivity index (χ0n) is 10.1. The van der Waals surface area contributed by atoms with E-state index < -0.39 is 0 Å². The van der Waals surface area contributed by atoms with Gasteiger partial charge in [0.15, 0.2) is 0 Å². The van der Waals surface area contributed by atoms with E-state index in [1.165, 1.54) is 12.8 Å². The zero-order valence-corrected chi connectivity index (χ0v) is 10.1. The average molecular weight is 215 g/mol. The third kappa shape index (κ3) is 4.96. The molecule has 1 unspecified atom stereocenters. The van der Waals surface area contributed by atoms with Gasteiger partial charge in [0.05, 0.1) is 6.10 Å². The number of piperidine rings is 1. The van der Waals surface area contributed by atoms with Crippen molar-refractivity contribution in [3.8, 4) is 0 Å². The van der Waals surface area contributed by atoms with E-state index in [0.717, 1.165) is 45.0 Å². The fourth-order valence-electron chi connectivity index (χ4n) is 2.29. The lowest BCUT2D eigenvalue weighted by Gasteiger charge is -2.32. The maximum Gasteiger partial charge on any atom is 0.0667 e. The second kappa shape index (κ2) is 7.20. The Morgan fingerprint density at radius 3 is 2.60 bits per heavy atom. The standard InChI is InChI=1S/C12H25NO2/c1-3-4-12(14)9-13-7-5-11(6-8-13)10-15-2/h11-12,14H,3-10H2,1-2H3. The molecular formula is C12H25NO2. The van der Waals surface area contributed by atoms with Gasteiger partial charge in [-0.05, 0) is 38.3 Å². The van der Waals surface area contributed by atoms with Crippen LogP contribution in [0.3, 0.4) is 0 Å². The summed E-state index contributed by atoms with van der Waals surface area (Å²) in [5.41, 5.74) is 0. The third-order valence-electron chi connectivity index (χ3n) is 3.20. The second-order valence-electron chi connectivity index (χ2n) is 4.64. The lowest BCUT2D eigenvalue weighted by atomic mass is 9.97. The van der Waals surface area contributed by atoms with Gasteiger partial charge in [0.2, 0.25) is 0 Å². The molecule has 0 radical (unpaired) electrons. The van der Waals surface area contributed by atoms with E-state index in [-0.39, 0.29) is 6.10 Å². The first kappa shape index (κ1) is 12.9. The number of likely N-dealkylation sites (tertiary alicyclic amines) is 1. The van der Waals surface area contributed by atoms with Crippen LogP contribution >= 0.6 is 0 Å². The molecule has 1 saturated heterocycles. The fourth-order valence-corrected chi connectivity index (χ4v) is 2.29. The van der Waals surface area contributed by atoms with E-state index in [1.54, 1.807) is 7.11 Å². The van der Waals surface area contributed by atoms with Crippen molar-refractivity contribution in [1.82, 2.24) is 4.90 Å². The first-order valence-corrected chi connectivity index (χ1v) is 6.15. The summed E-state index contributed by atoms with van der Waals surface area (Å²) in [5, 5.41) is 9.70. The third-order valence-corrected chi connectivity index (χ3v) is 3.20. The van der Waals surface area contributed by atoms with Crippen LogP contribution in [0, 0.1) is 5.92 Å². The van der Waals surface area contributed by atoms with E-state index in [4.69, 9.17) is 4.74 Å². The molecule has 1 fully saturated rings. The van der Waals surface area contributed by atoms with Crippen LogP contribution in [-0.2, 0) is 4.74 Å². The Labute approximate surface area is 93.4 Å². The Bertz CT molecular complexity index is 156. The molecule has 1 atom stereocenters. The molecule has 0 bridgehead atoms. The monoisotopic (exact) mass is 215 g/mol. The largest absolute Gasteiger partial charge is 0.392 e. The highest BCUT2D eigenvalue weighted by molar-refractivity contribution is 4.74. The summed E-state index contributed by atoms with van der Waals surface area (Å²) in [6.07, 6.45) is 4.30. The Hall–Kier alpha value is -0.120. The molecule has 15 heavy (non-hydrogen) atoms. The van der Waals surface area contributed by atoms with Crippen molar-refractivity contribution in [2.45, 2.75) is 38.7 Å². The van der Waals surface area contributed by atoms with Crippen LogP contribution in [0.2, 0.25) is 0 Å². The summed E-state index contributed by atoms with van der Waals surface area (Å²) in [5.74, 6) is 0.731. The smallest absolute Gasteiger partial charge is 0.0667 e. The average Bonchev–Trinajstić information content (AvgIpc) is 2.22. The molecule has 3 nitrogen and oxygen atoms in total. The minimum absolute atomic E-state index is 0.131. The summed E-state index contributed by atoms with van der Waals surface area (Å²) in [6, 6.07) is 0. The Morgan fingerprint density at radius 2 is 2.07 bits per heavy atom. The highest BCUT2D eigenvalue weighted by atomic mass is 16.5. The van der Waals surface area contributed by atoms with Crippen LogP contribution in [0.5, 0.6) is 0 Å². The number of nitrogens with zero attached hydrogens (tertiary/aromatic N) is 1. The van der Waals surface area contributed by atoms with Crippen LogP contribution in [0.1, 0.15) is 32.6 Å². The highest BCUT2D eigenvalue weighted by Gasteiger charge is 2.20. The second-order valence-corrected chi connectivity index (χ2v) is 4.64. The van der Waals surface area contributed by atoms with Gasteiger partial charge >= 0.3 is 0 Å². The molecule has 1 heterocycles. The Morgan fingerprint density at radius 1 is 1.40 bits per heavy atom. The summed E-state index contributed by atoms with van der Waals surface area (Å²) in [7, 11) is 1.78. The van der Waals surface area contributed by atoms with Crippen molar-refractivity contribution in [1.29, 1.82) is 0 Å². The molecule has 0 aromatic heterocycles. The number of hydrogen-bond acceptors (Lipinski definition) is 3. The number of methoxy groups -OCH3 is 1. The summed E-state index contributed by atoms with van der Waals surface area (Å²) < 4.78 is 5.17. The molecule has 1 rings (SSSR count). The lowest BCUT2D eigenvalue weighted by Crippen LogP contribution is -2.39. The van der Waals surface area contributed by atoms with Gasteiger partial charge in [0, 0.05) is 20.3 Å². The predicted octanol–water partition coefficient (Wildman–Crippen LogP) is 1.51. The first-order chi connectivity index (χ1) is 7.26. The number of ether oxygens (including phenoxy) is 1. The molecule has 0 aliphatic carbocycles. The zero-order chi connectivity index (χ0) is 11.1. The number of β-amino-alcohol motifs (C(OH)–C–C–N with tert-alkyl or cyclic N) is 1. The molecule has 0 amide bonds. The number of rotatable bonds is 6. The highest BCUT2D eigenvalue weighted by Crippen LogP contribution is 2.17. The molecule has 90 valence electrons. The summed E-state index contributed by atoms with van der Waals surface area (Å²) in [4.78, 5) is 2.38. The van der Waals surface area contributed by atoms with E-state index in [0.29, 0.717) is 0 Å². The van der Waals surface area contributed by atoms with Gasteiger partial charge in [0.25, 0.3) is 0 Å². The van der Waals surface area contributed by atoms with Crippen LogP contribution in [0.25, 0.3) is 0 Å². The quantitative estimate of drug-likeness (QED) is 0.729. The van der Waals surface area contributed by atoms with Gasteiger partial charge in [-0.15, -0.1) is 0 Å². The van der Waals surface area contributed by atoms with Gasteiger partial charge in [0.1, 0.15) is 0 Å². The van der Waals surface area contributed by atoms with E-state index in [9.17, 15) is 5.11 Å². The summed E-state index contributed by atoms with van der Waals surface area (Å²) >= 11 is 0. The topological polar surface area (TPSA) is 32.7 Å². The maximum atomic E-state index is 9.70. The van der Waals surface area contributed by atoms with Crippen molar-refractivity contribution in [3.05, 3.63) is 0 Å². The van der Waals surface area contributed by atoms with Gasteiger partial charge in [-0.3, -0.25) is 0 Å². The van der Waals surface area contributed by atoms with Crippen molar-refractivity contribution in [2.24, 2.45) is 5.92 Å². The molecule has 3 heteroatoms. The van der Waals surface area contributed by atoms with Crippen LogP contribution in [0.4, 0.5) is 0 Å². The molecule has 1 N–H and O–H groups in total. The molecule has 1 aliphatic heterocycles. The number of aliphatic hydroxyl groups is 1. The van der Waals surface area contributed by atoms with Crippen LogP contribution in [0.15, 0.2) is 0 Å². The minimum Gasteiger partial charge on any atom is -0.392 e. The molecule has 0 spiro atoms. The molecule has 1 aliphatic rings. The number of aliphatic hydroxyl groups excluding tert-OH is 1. The van der Waals surface area contributed by atoms with Gasteiger partial charge in [-0.2, -0.15) is 0 Å². The Balaban J connectivity index is 2.14. The Kier molecular flexibility index (Phi) is 6.22. The van der Waals surface area contributed by atoms with E-state index >= 15 is 0 Å². The van der Waals surface area contributed by atoms with Crippen molar-refractivity contribution >= 4 is 0 Å². The van der Waals surface area contributed by atoms with Crippen molar-refractivity contribution < 1.29 is 9.84 Å². The molecular weight excluding hydrogens is 190 g/mol. The summed E-state index contributed by atoms with van der Waals surface area (Å²) in [6.45, 7) is 6.11. The molecule has 0 aromatic rings. The lowest BCUT2D eigenvalue weighted by molar-refractivity contribution is 0.0625. The fraction of sp³-hybridized carbons (Fsp3) is 1.00. The SMILES string of the molecule is CCCC(O)CN1CCC(COC)CC1. The van der Waals surface area contributed by atoms with Crippen molar-refractivity contribution in [3.63, 3.8) is 0 Å². The van der Waals surface area contributed by atoms with Gasteiger partial charge in [-0.1, -0.05) is 13.3 Å².